The number of rotatable bonds is 6. The highest BCUT2D eigenvalue weighted by Gasteiger charge is 2.29. The molecule has 37 heavy (non-hydrogen) atoms. The maximum absolute atomic E-state index is 13.3. The van der Waals surface area contributed by atoms with Gasteiger partial charge >= 0.3 is 0 Å². The smallest absolute Gasteiger partial charge is 0.295 e. The van der Waals surface area contributed by atoms with Crippen molar-refractivity contribution in [1.82, 2.24) is 29.7 Å². The molecule has 4 heterocycles. The third-order valence-electron chi connectivity index (χ3n) is 6.80. The van der Waals surface area contributed by atoms with E-state index in [1.54, 1.807) is 23.4 Å². The van der Waals surface area contributed by atoms with E-state index < -0.39 is 11.7 Å². The fourth-order valence-electron chi connectivity index (χ4n) is 4.49. The van der Waals surface area contributed by atoms with Crippen LogP contribution in [0.5, 0.6) is 0 Å². The number of pyridine rings is 1. The second-order valence-electron chi connectivity index (χ2n) is 9.85. The Morgan fingerprint density at radius 2 is 1.76 bits per heavy atom. The quantitative estimate of drug-likeness (QED) is 0.304. The molecule has 0 aliphatic carbocycles. The minimum Gasteiger partial charge on any atom is -0.345 e. The van der Waals surface area contributed by atoms with Crippen molar-refractivity contribution < 1.29 is 9.59 Å². The Labute approximate surface area is 215 Å². The highest BCUT2D eigenvalue weighted by molar-refractivity contribution is 6.45. The number of hydrogen-bond donors (Lipinski definition) is 2. The van der Waals surface area contributed by atoms with Crippen molar-refractivity contribution >= 4 is 34.2 Å². The number of benzene rings is 1. The number of piperazine rings is 1. The monoisotopic (exact) mass is 497 g/mol. The van der Waals surface area contributed by atoms with E-state index in [2.05, 4.69) is 39.0 Å². The number of carbonyl (C=O) groups excluding carboxylic acids is 2. The number of aryl methyl sites for hydroxylation is 1. The summed E-state index contributed by atoms with van der Waals surface area (Å²) in [7, 11) is 2.01. The Morgan fingerprint density at radius 1 is 1.03 bits per heavy atom. The maximum Gasteiger partial charge on any atom is 0.295 e. The highest BCUT2D eigenvalue weighted by atomic mass is 16.2. The van der Waals surface area contributed by atoms with Gasteiger partial charge < -0.3 is 20.1 Å². The van der Waals surface area contributed by atoms with Crippen LogP contribution in [0.25, 0.3) is 22.4 Å². The van der Waals surface area contributed by atoms with E-state index in [1.165, 1.54) is 0 Å². The van der Waals surface area contributed by atoms with Gasteiger partial charge in [0.1, 0.15) is 11.5 Å². The molecule has 0 unspecified atom stereocenters. The van der Waals surface area contributed by atoms with Crippen LogP contribution in [0.1, 0.15) is 41.3 Å². The van der Waals surface area contributed by atoms with Gasteiger partial charge in [-0.2, -0.15) is 0 Å². The topological polar surface area (TPSA) is 107 Å². The van der Waals surface area contributed by atoms with Gasteiger partial charge in [0.2, 0.25) is 0 Å². The van der Waals surface area contributed by atoms with Gasteiger partial charge in [-0.05, 0) is 26.0 Å². The van der Waals surface area contributed by atoms with Crippen LogP contribution in [-0.2, 0) is 4.79 Å². The molecule has 9 nitrogen and oxygen atoms in total. The number of nitrogens with zero attached hydrogens (tertiary/aromatic N) is 5. The Hall–Kier alpha value is -4.11. The summed E-state index contributed by atoms with van der Waals surface area (Å²) in [5.74, 6) is 0.387. The molecule has 1 fully saturated rings. The van der Waals surface area contributed by atoms with Crippen molar-refractivity contribution in [3.63, 3.8) is 0 Å². The molecule has 3 aromatic heterocycles. The molecule has 1 aliphatic heterocycles. The van der Waals surface area contributed by atoms with Crippen molar-refractivity contribution in [2.45, 2.75) is 26.7 Å². The number of aromatic amines is 1. The molecule has 1 aliphatic rings. The molecule has 190 valence electrons. The molecular formula is C28H31N7O2. The minimum absolute atomic E-state index is 0.165. The second-order valence-corrected chi connectivity index (χ2v) is 9.85. The number of Topliss-reactive ketones (excluding diaryl/α,β-unsaturated/α-hetero) is 1. The average Bonchev–Trinajstić information content (AvgIpc) is 3.34. The molecule has 0 spiro atoms. The zero-order valence-electron chi connectivity index (χ0n) is 21.6. The molecule has 1 amide bonds. The molecule has 5 rings (SSSR count). The maximum atomic E-state index is 13.3. The predicted molar refractivity (Wildman–Crippen MR) is 144 cm³/mol. The summed E-state index contributed by atoms with van der Waals surface area (Å²) in [6.45, 7) is 8.76. The summed E-state index contributed by atoms with van der Waals surface area (Å²) in [6, 6.07) is 9.86. The summed E-state index contributed by atoms with van der Waals surface area (Å²) in [6.07, 6.45) is 5.07. The molecule has 0 saturated carbocycles. The normalized spacial score (nSPS) is 14.4. The van der Waals surface area contributed by atoms with Crippen molar-refractivity contribution in [3.05, 3.63) is 65.6 Å². The molecule has 0 bridgehead atoms. The van der Waals surface area contributed by atoms with Crippen LogP contribution in [0.15, 0.2) is 48.9 Å². The lowest BCUT2D eigenvalue weighted by molar-refractivity contribution is -0.127. The summed E-state index contributed by atoms with van der Waals surface area (Å²) in [5, 5.41) is 4.00. The van der Waals surface area contributed by atoms with Gasteiger partial charge in [0.25, 0.3) is 11.7 Å². The predicted octanol–water partition coefficient (Wildman–Crippen LogP) is 4.15. The van der Waals surface area contributed by atoms with Gasteiger partial charge in [-0.15, -0.1) is 0 Å². The number of fused-ring (bicyclic) bond motifs is 1. The number of likely N-dealkylation sites (N-methyl/N-ethyl adjacent to an activating group) is 1. The number of H-pyrrole nitrogens is 1. The molecule has 4 aromatic rings. The SMILES string of the molecule is Cc1ccc(-c2ncc(C(C)C)c(Nc3ccnc4[nH]cc(C(=O)C(=O)N5CCN(C)CC5)c34)n2)cc1. The first-order chi connectivity index (χ1) is 17.8. The van der Waals surface area contributed by atoms with Gasteiger partial charge in [-0.1, -0.05) is 43.7 Å². The lowest BCUT2D eigenvalue weighted by Gasteiger charge is -2.31. The molecule has 0 atom stereocenters. The molecule has 9 heteroatoms. The molecular weight excluding hydrogens is 466 g/mol. The van der Waals surface area contributed by atoms with Gasteiger partial charge in [0.15, 0.2) is 5.82 Å². The fourth-order valence-corrected chi connectivity index (χ4v) is 4.49. The number of aromatic nitrogens is 4. The number of amides is 1. The van der Waals surface area contributed by atoms with Crippen LogP contribution in [0.3, 0.4) is 0 Å². The van der Waals surface area contributed by atoms with Crippen LogP contribution < -0.4 is 5.32 Å². The Morgan fingerprint density at radius 3 is 2.46 bits per heavy atom. The number of carbonyl (C=O) groups is 2. The zero-order valence-corrected chi connectivity index (χ0v) is 21.6. The average molecular weight is 498 g/mol. The van der Waals surface area contributed by atoms with E-state index >= 15 is 0 Å². The van der Waals surface area contributed by atoms with Crippen molar-refractivity contribution in [3.8, 4) is 11.4 Å². The minimum atomic E-state index is -0.543. The lowest BCUT2D eigenvalue weighted by atomic mass is 10.0. The van der Waals surface area contributed by atoms with Crippen LogP contribution in [0, 0.1) is 6.92 Å². The van der Waals surface area contributed by atoms with E-state index in [1.807, 2.05) is 44.4 Å². The summed E-state index contributed by atoms with van der Waals surface area (Å²) < 4.78 is 0. The highest BCUT2D eigenvalue weighted by Crippen LogP contribution is 2.32. The lowest BCUT2D eigenvalue weighted by Crippen LogP contribution is -2.49. The zero-order chi connectivity index (χ0) is 26.1. The van der Waals surface area contributed by atoms with E-state index in [4.69, 9.17) is 4.98 Å². The fraction of sp³-hybridized carbons (Fsp3) is 0.321. The second kappa shape index (κ2) is 10.1. The molecule has 1 aromatic carbocycles. The Balaban J connectivity index is 1.52. The van der Waals surface area contributed by atoms with Gasteiger partial charge in [-0.25, -0.2) is 15.0 Å². The van der Waals surface area contributed by atoms with E-state index in [0.717, 1.165) is 29.8 Å². The first-order valence-electron chi connectivity index (χ1n) is 12.5. The number of ketones is 1. The van der Waals surface area contributed by atoms with Crippen molar-refractivity contribution in [2.24, 2.45) is 0 Å². The third-order valence-corrected chi connectivity index (χ3v) is 6.80. The molecule has 2 N–H and O–H groups in total. The van der Waals surface area contributed by atoms with Crippen LogP contribution in [0.2, 0.25) is 0 Å². The first kappa shape index (κ1) is 24.6. The van der Waals surface area contributed by atoms with Crippen LogP contribution >= 0.6 is 0 Å². The van der Waals surface area contributed by atoms with Gasteiger partial charge in [-0.3, -0.25) is 9.59 Å². The Bertz CT molecular complexity index is 1450. The summed E-state index contributed by atoms with van der Waals surface area (Å²) >= 11 is 0. The third kappa shape index (κ3) is 4.95. The van der Waals surface area contributed by atoms with E-state index in [0.29, 0.717) is 47.0 Å². The summed E-state index contributed by atoms with van der Waals surface area (Å²) in [4.78, 5) is 47.1. The Kier molecular flexibility index (Phi) is 6.71. The van der Waals surface area contributed by atoms with Crippen molar-refractivity contribution in [1.29, 1.82) is 0 Å². The van der Waals surface area contributed by atoms with Gasteiger partial charge in [0, 0.05) is 55.9 Å². The van der Waals surface area contributed by atoms with E-state index in [9.17, 15) is 9.59 Å². The number of anilines is 2. The van der Waals surface area contributed by atoms with Crippen molar-refractivity contribution in [2.75, 3.05) is 38.5 Å². The number of hydrogen-bond acceptors (Lipinski definition) is 7. The molecule has 1 saturated heterocycles. The largest absolute Gasteiger partial charge is 0.345 e. The number of nitrogens with one attached hydrogen (secondary N) is 2. The molecule has 0 radical (unpaired) electrons. The van der Waals surface area contributed by atoms with Crippen LogP contribution in [-0.4, -0.2) is 74.7 Å². The standard InChI is InChI=1S/C28H31N7O2/c1-17(2)20-15-30-25(19-7-5-18(3)6-8-19)33-26(20)32-22-9-10-29-27-23(22)21(16-31-27)24(36)28(37)35-13-11-34(4)12-14-35/h5-10,15-17H,11-14H2,1-4H3,(H2,29,30,31,32,33). The van der Waals surface area contributed by atoms with Gasteiger partial charge in [0.05, 0.1) is 16.6 Å². The summed E-state index contributed by atoms with van der Waals surface area (Å²) in [5.41, 5.74) is 4.50. The first-order valence-corrected chi connectivity index (χ1v) is 12.5. The van der Waals surface area contributed by atoms with E-state index in [-0.39, 0.29) is 5.92 Å². The van der Waals surface area contributed by atoms with Crippen LogP contribution in [0.4, 0.5) is 11.5 Å².